The fraction of sp³-hybridized carbons (Fsp3) is 0.688. The maximum absolute atomic E-state index is 14.6. The van der Waals surface area contributed by atoms with E-state index in [1.807, 2.05) is 0 Å². The van der Waals surface area contributed by atoms with E-state index in [4.69, 9.17) is 0 Å². The van der Waals surface area contributed by atoms with Crippen LogP contribution in [0.5, 0.6) is 0 Å². The number of aromatic nitrogens is 1. The SMILES string of the molecule is CCCNCc1ccnc(N2CC3CCCC3C2)c1F. The number of anilines is 1. The van der Waals surface area contributed by atoms with E-state index in [-0.39, 0.29) is 5.82 Å². The molecule has 1 aromatic heterocycles. The number of hydrogen-bond acceptors (Lipinski definition) is 3. The molecule has 1 saturated heterocycles. The van der Waals surface area contributed by atoms with Gasteiger partial charge in [0.15, 0.2) is 11.6 Å². The van der Waals surface area contributed by atoms with Gasteiger partial charge in [-0.3, -0.25) is 0 Å². The van der Waals surface area contributed by atoms with Gasteiger partial charge in [0.1, 0.15) is 0 Å². The van der Waals surface area contributed by atoms with Gasteiger partial charge >= 0.3 is 0 Å². The predicted molar refractivity (Wildman–Crippen MR) is 79.2 cm³/mol. The second-order valence-electron chi connectivity index (χ2n) is 6.14. The standard InChI is InChI=1S/C16H24FN3/c1-2-7-18-9-12-6-8-19-16(15(12)17)20-10-13-4-3-5-14(13)11-20/h6,8,13-14,18H,2-5,7,9-11H2,1H3. The average Bonchev–Trinajstić information content (AvgIpc) is 3.02. The fourth-order valence-electron chi connectivity index (χ4n) is 3.64. The van der Waals surface area contributed by atoms with Gasteiger partial charge in [-0.15, -0.1) is 0 Å². The highest BCUT2D eigenvalue weighted by Gasteiger charge is 2.37. The lowest BCUT2D eigenvalue weighted by atomic mass is 10.0. The van der Waals surface area contributed by atoms with Crippen LogP contribution in [0.25, 0.3) is 0 Å². The highest BCUT2D eigenvalue weighted by atomic mass is 19.1. The van der Waals surface area contributed by atoms with Crippen LogP contribution in [0.3, 0.4) is 0 Å². The quantitative estimate of drug-likeness (QED) is 0.839. The average molecular weight is 277 g/mol. The van der Waals surface area contributed by atoms with Crippen LogP contribution in [0, 0.1) is 17.7 Å². The fourth-order valence-corrected chi connectivity index (χ4v) is 3.64. The van der Waals surface area contributed by atoms with Gasteiger partial charge in [-0.25, -0.2) is 9.37 Å². The second-order valence-corrected chi connectivity index (χ2v) is 6.14. The normalized spacial score (nSPS) is 25.2. The smallest absolute Gasteiger partial charge is 0.170 e. The van der Waals surface area contributed by atoms with E-state index in [0.29, 0.717) is 12.4 Å². The molecular weight excluding hydrogens is 253 g/mol. The summed E-state index contributed by atoms with van der Waals surface area (Å²) in [6.45, 7) is 5.60. The van der Waals surface area contributed by atoms with Crippen molar-refractivity contribution < 1.29 is 4.39 Å². The maximum atomic E-state index is 14.6. The van der Waals surface area contributed by atoms with Crippen LogP contribution >= 0.6 is 0 Å². The van der Waals surface area contributed by atoms with Gasteiger partial charge < -0.3 is 10.2 Å². The van der Waals surface area contributed by atoms with E-state index >= 15 is 0 Å². The van der Waals surface area contributed by atoms with Crippen LogP contribution in [0.2, 0.25) is 0 Å². The molecule has 2 unspecified atom stereocenters. The maximum Gasteiger partial charge on any atom is 0.170 e. The Bertz CT molecular complexity index is 451. The Morgan fingerprint density at radius 1 is 1.35 bits per heavy atom. The summed E-state index contributed by atoms with van der Waals surface area (Å²) in [4.78, 5) is 6.46. The van der Waals surface area contributed by atoms with E-state index in [9.17, 15) is 4.39 Å². The number of rotatable bonds is 5. The van der Waals surface area contributed by atoms with Gasteiger partial charge in [-0.2, -0.15) is 0 Å². The van der Waals surface area contributed by atoms with Crippen molar-refractivity contribution in [2.75, 3.05) is 24.5 Å². The summed E-state index contributed by atoms with van der Waals surface area (Å²) in [5.74, 6) is 1.96. The van der Waals surface area contributed by atoms with E-state index < -0.39 is 0 Å². The van der Waals surface area contributed by atoms with Crippen molar-refractivity contribution in [1.29, 1.82) is 0 Å². The number of halogens is 1. The summed E-state index contributed by atoms with van der Waals surface area (Å²) in [6, 6.07) is 1.79. The lowest BCUT2D eigenvalue weighted by molar-refractivity contribution is 0.494. The Hall–Kier alpha value is -1.16. The summed E-state index contributed by atoms with van der Waals surface area (Å²) in [6.07, 6.45) is 6.77. The van der Waals surface area contributed by atoms with E-state index in [2.05, 4.69) is 22.1 Å². The lowest BCUT2D eigenvalue weighted by Crippen LogP contribution is -2.24. The molecule has 1 aliphatic heterocycles. The number of hydrogen-bond donors (Lipinski definition) is 1. The number of nitrogens with zero attached hydrogens (tertiary/aromatic N) is 2. The molecule has 4 heteroatoms. The Morgan fingerprint density at radius 2 is 2.10 bits per heavy atom. The minimum Gasteiger partial charge on any atom is -0.354 e. The summed E-state index contributed by atoms with van der Waals surface area (Å²) in [5, 5.41) is 3.26. The molecule has 2 atom stereocenters. The van der Waals surface area contributed by atoms with E-state index in [0.717, 1.165) is 43.5 Å². The molecule has 3 nitrogen and oxygen atoms in total. The molecule has 20 heavy (non-hydrogen) atoms. The van der Waals surface area contributed by atoms with Crippen molar-refractivity contribution in [3.63, 3.8) is 0 Å². The first kappa shape index (κ1) is 13.8. The molecule has 2 heterocycles. The van der Waals surface area contributed by atoms with Crippen LogP contribution in [0.15, 0.2) is 12.3 Å². The van der Waals surface area contributed by atoms with Gasteiger partial charge in [0.25, 0.3) is 0 Å². The first-order valence-electron chi connectivity index (χ1n) is 7.88. The number of fused-ring (bicyclic) bond motifs is 1. The Labute approximate surface area is 120 Å². The zero-order valence-electron chi connectivity index (χ0n) is 12.2. The predicted octanol–water partition coefficient (Wildman–Crippen LogP) is 2.96. The number of nitrogens with one attached hydrogen (secondary N) is 1. The van der Waals surface area contributed by atoms with Gasteiger partial charge in [0, 0.05) is 31.4 Å². The topological polar surface area (TPSA) is 28.2 Å². The molecule has 0 bridgehead atoms. The van der Waals surface area contributed by atoms with Crippen molar-refractivity contribution in [2.24, 2.45) is 11.8 Å². The molecule has 1 aromatic rings. The highest BCUT2D eigenvalue weighted by molar-refractivity contribution is 5.44. The molecule has 1 saturated carbocycles. The largest absolute Gasteiger partial charge is 0.354 e. The Kier molecular flexibility index (Phi) is 4.20. The van der Waals surface area contributed by atoms with Gasteiger partial charge in [0.05, 0.1) is 0 Å². The first-order valence-corrected chi connectivity index (χ1v) is 7.88. The molecule has 1 aliphatic carbocycles. The molecule has 1 N–H and O–H groups in total. The minimum atomic E-state index is -0.129. The summed E-state index contributed by atoms with van der Waals surface area (Å²) < 4.78 is 14.6. The molecule has 0 amide bonds. The second kappa shape index (κ2) is 6.08. The summed E-state index contributed by atoms with van der Waals surface area (Å²) in [7, 11) is 0. The Morgan fingerprint density at radius 3 is 2.80 bits per heavy atom. The van der Waals surface area contributed by atoms with Crippen LogP contribution < -0.4 is 10.2 Å². The van der Waals surface area contributed by atoms with Gasteiger partial charge in [0.2, 0.25) is 0 Å². The van der Waals surface area contributed by atoms with Gasteiger partial charge in [-0.1, -0.05) is 13.3 Å². The molecule has 110 valence electrons. The molecule has 0 aromatic carbocycles. The third-order valence-electron chi connectivity index (χ3n) is 4.72. The van der Waals surface area contributed by atoms with E-state index in [1.165, 1.54) is 19.3 Å². The van der Waals surface area contributed by atoms with Crippen molar-refractivity contribution in [2.45, 2.75) is 39.2 Å². The van der Waals surface area contributed by atoms with Crippen molar-refractivity contribution >= 4 is 5.82 Å². The minimum absolute atomic E-state index is 0.129. The van der Waals surface area contributed by atoms with Crippen LogP contribution in [0.4, 0.5) is 10.2 Å². The van der Waals surface area contributed by atoms with Crippen LogP contribution in [-0.2, 0) is 6.54 Å². The lowest BCUT2D eigenvalue weighted by Gasteiger charge is -2.20. The molecule has 0 spiro atoms. The Balaban J connectivity index is 1.72. The van der Waals surface area contributed by atoms with Crippen LogP contribution in [-0.4, -0.2) is 24.6 Å². The van der Waals surface area contributed by atoms with Gasteiger partial charge in [-0.05, 0) is 43.7 Å². The van der Waals surface area contributed by atoms with Crippen molar-refractivity contribution in [3.05, 3.63) is 23.6 Å². The molecule has 2 fully saturated rings. The molecule has 2 aliphatic rings. The third kappa shape index (κ3) is 2.66. The molecule has 3 rings (SSSR count). The van der Waals surface area contributed by atoms with E-state index in [1.54, 1.807) is 12.3 Å². The monoisotopic (exact) mass is 277 g/mol. The zero-order valence-corrected chi connectivity index (χ0v) is 12.2. The summed E-state index contributed by atoms with van der Waals surface area (Å²) >= 11 is 0. The first-order chi connectivity index (χ1) is 9.79. The van der Waals surface area contributed by atoms with Crippen LogP contribution in [0.1, 0.15) is 38.2 Å². The molecular formula is C16H24FN3. The summed E-state index contributed by atoms with van der Waals surface area (Å²) in [5.41, 5.74) is 0.737. The molecule has 0 radical (unpaired) electrons. The zero-order chi connectivity index (χ0) is 13.9. The van der Waals surface area contributed by atoms with Crippen molar-refractivity contribution in [1.82, 2.24) is 10.3 Å². The number of pyridine rings is 1. The highest BCUT2D eigenvalue weighted by Crippen LogP contribution is 2.39. The third-order valence-corrected chi connectivity index (χ3v) is 4.72. The van der Waals surface area contributed by atoms with Crippen molar-refractivity contribution in [3.8, 4) is 0 Å².